The van der Waals surface area contributed by atoms with Gasteiger partial charge < -0.3 is 11.1 Å². The summed E-state index contributed by atoms with van der Waals surface area (Å²) in [5, 5.41) is 3.07. The van der Waals surface area contributed by atoms with Crippen molar-refractivity contribution in [3.8, 4) is 0 Å². The van der Waals surface area contributed by atoms with E-state index >= 15 is 0 Å². The van der Waals surface area contributed by atoms with Crippen molar-refractivity contribution in [3.05, 3.63) is 46.2 Å². The van der Waals surface area contributed by atoms with Crippen LogP contribution in [0.3, 0.4) is 0 Å². The number of hydrogen-bond acceptors (Lipinski definition) is 4. The number of aryl methyl sites for hydroxylation is 1. The molecule has 0 aliphatic carbocycles. The lowest BCUT2D eigenvalue weighted by molar-refractivity contribution is 0.0954. The molecule has 0 saturated heterocycles. The zero-order valence-corrected chi connectivity index (χ0v) is 10.6. The number of anilines is 1. The van der Waals surface area contributed by atoms with E-state index in [1.165, 1.54) is 12.1 Å². The first-order chi connectivity index (χ1) is 8.56. The minimum absolute atomic E-state index is 0.244. The number of thiazole rings is 1. The molecule has 2 rings (SSSR count). The molecule has 1 amide bonds. The molecule has 0 aliphatic rings. The van der Waals surface area contributed by atoms with E-state index < -0.39 is 0 Å². The molecule has 2 aromatic rings. The van der Waals surface area contributed by atoms with Crippen molar-refractivity contribution in [2.75, 3.05) is 5.73 Å². The van der Waals surface area contributed by atoms with Gasteiger partial charge in [-0.05, 0) is 24.6 Å². The number of nitrogens with zero attached hydrogens (tertiary/aromatic N) is 1. The summed E-state index contributed by atoms with van der Waals surface area (Å²) in [5.41, 5.74) is 6.83. The molecule has 94 valence electrons. The van der Waals surface area contributed by atoms with Crippen molar-refractivity contribution in [3.63, 3.8) is 0 Å². The summed E-state index contributed by atoms with van der Waals surface area (Å²) in [6, 6.07) is 6.09. The number of nitrogen functional groups attached to an aromatic ring is 1. The second-order valence-corrected chi connectivity index (χ2v) is 4.81. The molecule has 0 aliphatic heterocycles. The van der Waals surface area contributed by atoms with Crippen LogP contribution in [0.5, 0.6) is 0 Å². The summed E-state index contributed by atoms with van der Waals surface area (Å²) in [7, 11) is 0. The lowest BCUT2D eigenvalue weighted by Gasteiger charge is -2.04. The Labute approximate surface area is 108 Å². The van der Waals surface area contributed by atoms with E-state index in [-0.39, 0.29) is 18.3 Å². The van der Waals surface area contributed by atoms with Crippen LogP contribution in [-0.2, 0) is 6.54 Å². The zero-order chi connectivity index (χ0) is 13.1. The van der Waals surface area contributed by atoms with Crippen LogP contribution in [0.2, 0.25) is 0 Å². The minimum Gasteiger partial charge on any atom is -0.375 e. The Morgan fingerprint density at radius 3 is 2.94 bits per heavy atom. The Morgan fingerprint density at radius 1 is 1.56 bits per heavy atom. The lowest BCUT2D eigenvalue weighted by atomic mass is 10.2. The summed E-state index contributed by atoms with van der Waals surface area (Å²) < 4.78 is 12.9. The van der Waals surface area contributed by atoms with Crippen molar-refractivity contribution in [2.45, 2.75) is 13.5 Å². The third-order valence-electron chi connectivity index (χ3n) is 2.36. The number of rotatable bonds is 3. The molecule has 1 heterocycles. The predicted molar refractivity (Wildman–Crippen MR) is 68.8 cm³/mol. The maximum atomic E-state index is 12.9. The van der Waals surface area contributed by atoms with E-state index in [9.17, 15) is 9.18 Å². The summed E-state index contributed by atoms with van der Waals surface area (Å²) in [6.45, 7) is 2.00. The summed E-state index contributed by atoms with van der Waals surface area (Å²) in [6.07, 6.45) is 0. The van der Waals surface area contributed by atoms with Gasteiger partial charge in [-0.25, -0.2) is 9.37 Å². The number of amides is 1. The van der Waals surface area contributed by atoms with Gasteiger partial charge in [-0.15, -0.1) is 0 Å². The molecular weight excluding hydrogens is 253 g/mol. The molecule has 0 radical (unpaired) electrons. The molecule has 3 N–H and O–H groups in total. The van der Waals surface area contributed by atoms with Crippen molar-refractivity contribution in [2.24, 2.45) is 0 Å². The Bertz CT molecular complexity index is 582. The molecule has 4 nitrogen and oxygen atoms in total. The van der Waals surface area contributed by atoms with Crippen LogP contribution in [0.4, 0.5) is 9.52 Å². The quantitative estimate of drug-likeness (QED) is 0.893. The molecule has 1 aromatic carbocycles. The molecule has 0 unspecified atom stereocenters. The van der Waals surface area contributed by atoms with E-state index in [1.54, 1.807) is 19.1 Å². The number of halogens is 1. The number of aromatic nitrogens is 1. The molecule has 0 saturated carbocycles. The molecule has 1 aromatic heterocycles. The standard InChI is InChI=1S/C12H12FN3OS/c1-7-10(18-12(14)16-7)11(17)15-6-8-3-2-4-9(13)5-8/h2-5H,6H2,1H3,(H2,14,16)(H,15,17). The van der Waals surface area contributed by atoms with Crippen molar-refractivity contribution < 1.29 is 9.18 Å². The second-order valence-electron chi connectivity index (χ2n) is 3.78. The topological polar surface area (TPSA) is 68.0 Å². The van der Waals surface area contributed by atoms with E-state index in [0.717, 1.165) is 11.3 Å². The Hall–Kier alpha value is -1.95. The summed E-state index contributed by atoms with van der Waals surface area (Å²) in [4.78, 5) is 16.3. The smallest absolute Gasteiger partial charge is 0.263 e. The Kier molecular flexibility index (Phi) is 3.57. The number of benzene rings is 1. The molecule has 6 heteroatoms. The van der Waals surface area contributed by atoms with E-state index in [2.05, 4.69) is 10.3 Å². The normalized spacial score (nSPS) is 10.3. The van der Waals surface area contributed by atoms with Crippen LogP contribution in [0.15, 0.2) is 24.3 Å². The highest BCUT2D eigenvalue weighted by atomic mass is 32.1. The first-order valence-corrected chi connectivity index (χ1v) is 6.13. The van der Waals surface area contributed by atoms with Crippen LogP contribution in [0.1, 0.15) is 20.9 Å². The lowest BCUT2D eigenvalue weighted by Crippen LogP contribution is -2.22. The molecule has 18 heavy (non-hydrogen) atoms. The highest BCUT2D eigenvalue weighted by molar-refractivity contribution is 7.17. The third-order valence-corrected chi connectivity index (χ3v) is 3.35. The van der Waals surface area contributed by atoms with Crippen molar-refractivity contribution >= 4 is 22.4 Å². The average Bonchev–Trinajstić information content (AvgIpc) is 2.66. The maximum Gasteiger partial charge on any atom is 0.263 e. The highest BCUT2D eigenvalue weighted by Gasteiger charge is 2.13. The minimum atomic E-state index is -0.319. The zero-order valence-electron chi connectivity index (χ0n) is 9.74. The molecule has 0 spiro atoms. The number of nitrogens with one attached hydrogen (secondary N) is 1. The predicted octanol–water partition coefficient (Wildman–Crippen LogP) is 2.10. The maximum absolute atomic E-state index is 12.9. The number of carbonyl (C=O) groups excluding carboxylic acids is 1. The third kappa shape index (κ3) is 2.84. The SMILES string of the molecule is Cc1nc(N)sc1C(=O)NCc1cccc(F)c1. The number of carbonyl (C=O) groups is 1. The first kappa shape index (κ1) is 12.5. The fraction of sp³-hybridized carbons (Fsp3) is 0.167. The molecule has 0 bridgehead atoms. The summed E-state index contributed by atoms with van der Waals surface area (Å²) >= 11 is 1.14. The monoisotopic (exact) mass is 265 g/mol. The van der Waals surface area contributed by atoms with Gasteiger partial charge in [0, 0.05) is 6.54 Å². The van der Waals surface area contributed by atoms with Gasteiger partial charge in [0.25, 0.3) is 5.91 Å². The van der Waals surface area contributed by atoms with Gasteiger partial charge in [-0.2, -0.15) is 0 Å². The molecule has 0 atom stereocenters. The molecular formula is C12H12FN3OS. The summed E-state index contributed by atoms with van der Waals surface area (Å²) in [5.74, 6) is -0.564. The van der Waals surface area contributed by atoms with Crippen LogP contribution in [-0.4, -0.2) is 10.9 Å². The Balaban J connectivity index is 2.03. The van der Waals surface area contributed by atoms with Gasteiger partial charge in [-0.3, -0.25) is 4.79 Å². The highest BCUT2D eigenvalue weighted by Crippen LogP contribution is 2.19. The van der Waals surface area contributed by atoms with Crippen LogP contribution >= 0.6 is 11.3 Å². The second kappa shape index (κ2) is 5.14. The number of hydrogen-bond donors (Lipinski definition) is 2. The van der Waals surface area contributed by atoms with Crippen LogP contribution in [0.25, 0.3) is 0 Å². The largest absolute Gasteiger partial charge is 0.375 e. The first-order valence-electron chi connectivity index (χ1n) is 5.32. The van der Waals surface area contributed by atoms with Crippen molar-refractivity contribution in [1.82, 2.24) is 10.3 Å². The van der Waals surface area contributed by atoms with Crippen molar-refractivity contribution in [1.29, 1.82) is 0 Å². The van der Waals surface area contributed by atoms with Gasteiger partial charge in [0.05, 0.1) is 5.69 Å². The van der Waals surface area contributed by atoms with Gasteiger partial charge in [0.2, 0.25) is 0 Å². The van der Waals surface area contributed by atoms with Gasteiger partial charge in [0.15, 0.2) is 5.13 Å². The molecule has 0 fully saturated rings. The van der Waals surface area contributed by atoms with E-state index in [1.807, 2.05) is 0 Å². The van der Waals surface area contributed by atoms with Crippen LogP contribution in [0, 0.1) is 12.7 Å². The van der Waals surface area contributed by atoms with Gasteiger partial charge in [0.1, 0.15) is 10.7 Å². The van der Waals surface area contributed by atoms with Gasteiger partial charge >= 0.3 is 0 Å². The van der Waals surface area contributed by atoms with E-state index in [0.29, 0.717) is 21.3 Å². The van der Waals surface area contributed by atoms with Crippen LogP contribution < -0.4 is 11.1 Å². The Morgan fingerprint density at radius 2 is 2.33 bits per heavy atom. The van der Waals surface area contributed by atoms with Gasteiger partial charge in [-0.1, -0.05) is 23.5 Å². The number of nitrogens with two attached hydrogens (primary N) is 1. The van der Waals surface area contributed by atoms with E-state index in [4.69, 9.17) is 5.73 Å². The fourth-order valence-electron chi connectivity index (χ4n) is 1.54. The fourth-order valence-corrected chi connectivity index (χ4v) is 2.29. The average molecular weight is 265 g/mol.